The Labute approximate surface area is 192 Å². The minimum atomic E-state index is 0.400. The molecule has 1 aromatic heterocycles. The van der Waals surface area contributed by atoms with Gasteiger partial charge < -0.3 is 14.0 Å². The topological polar surface area (TPSA) is 36.3 Å². The molecule has 160 valence electrons. The molecule has 0 radical (unpaired) electrons. The molecule has 0 saturated heterocycles. The summed E-state index contributed by atoms with van der Waals surface area (Å²) in [6.07, 6.45) is 1.91. The second kappa shape index (κ2) is 10.1. The largest absolute Gasteiger partial charge is 0.494 e. The number of nitrogens with zero attached hydrogens (tertiary/aromatic N) is 2. The van der Waals surface area contributed by atoms with Crippen molar-refractivity contribution < 1.29 is 9.47 Å². The Morgan fingerprint density at radius 2 is 1.65 bits per heavy atom. The molecule has 0 aliphatic carbocycles. The lowest BCUT2D eigenvalue weighted by molar-refractivity contribution is 0.285. The van der Waals surface area contributed by atoms with E-state index in [0.29, 0.717) is 18.2 Å². The van der Waals surface area contributed by atoms with Crippen molar-refractivity contribution in [2.75, 3.05) is 6.61 Å². The minimum Gasteiger partial charge on any atom is -0.494 e. The van der Waals surface area contributed by atoms with Gasteiger partial charge >= 0.3 is 0 Å². The highest BCUT2D eigenvalue weighted by Gasteiger charge is 2.11. The second-order valence-corrected chi connectivity index (χ2v) is 8.22. The first-order valence-electron chi connectivity index (χ1n) is 10.3. The van der Waals surface area contributed by atoms with E-state index in [-0.39, 0.29) is 0 Å². The molecule has 0 fully saturated rings. The number of ether oxygens (including phenoxy) is 2. The zero-order chi connectivity index (χ0) is 21.6. The van der Waals surface area contributed by atoms with E-state index in [9.17, 15) is 0 Å². The quantitative estimate of drug-likeness (QED) is 0.253. The maximum absolute atomic E-state index is 6.08. The van der Waals surface area contributed by atoms with Gasteiger partial charge in [0.05, 0.1) is 17.6 Å². The normalized spacial score (nSPS) is 11.1. The van der Waals surface area contributed by atoms with Gasteiger partial charge in [-0.1, -0.05) is 35.3 Å². The van der Waals surface area contributed by atoms with Crippen LogP contribution in [0, 0.1) is 6.92 Å². The number of unbranched alkanes of at least 4 members (excludes halogenated alkanes) is 1. The number of halogens is 2. The highest BCUT2D eigenvalue weighted by molar-refractivity contribution is 6.31. The minimum absolute atomic E-state index is 0.400. The number of hydrogen-bond donors (Lipinski definition) is 0. The third-order valence-corrected chi connectivity index (χ3v) is 5.77. The lowest BCUT2D eigenvalue weighted by Gasteiger charge is -2.11. The molecule has 0 N–H and O–H groups in total. The number of aromatic nitrogens is 2. The van der Waals surface area contributed by atoms with Crippen molar-refractivity contribution in [2.24, 2.45) is 0 Å². The van der Waals surface area contributed by atoms with Crippen LogP contribution in [-0.4, -0.2) is 16.2 Å². The number of hydrogen-bond acceptors (Lipinski definition) is 3. The van der Waals surface area contributed by atoms with Crippen LogP contribution in [0.2, 0.25) is 10.0 Å². The van der Waals surface area contributed by atoms with E-state index in [0.717, 1.165) is 58.3 Å². The summed E-state index contributed by atoms with van der Waals surface area (Å²) >= 11 is 12.0. The molecule has 0 aliphatic heterocycles. The van der Waals surface area contributed by atoms with Crippen molar-refractivity contribution in [2.45, 2.75) is 32.9 Å². The number of benzene rings is 3. The number of fused-ring (bicyclic) bond motifs is 1. The number of para-hydroxylation sites is 2. The molecule has 1 heterocycles. The summed E-state index contributed by atoms with van der Waals surface area (Å²) in [5.74, 6) is 2.53. The van der Waals surface area contributed by atoms with Crippen LogP contribution in [0.5, 0.6) is 11.5 Å². The zero-order valence-corrected chi connectivity index (χ0v) is 18.9. The Morgan fingerprint density at radius 1 is 0.871 bits per heavy atom. The fraction of sp³-hybridized carbons (Fsp3) is 0.240. The Kier molecular flexibility index (Phi) is 7.00. The second-order valence-electron chi connectivity index (χ2n) is 7.38. The van der Waals surface area contributed by atoms with Crippen molar-refractivity contribution in [3.05, 3.63) is 88.2 Å². The molecule has 0 unspecified atom stereocenters. The van der Waals surface area contributed by atoms with Crippen molar-refractivity contribution in [1.29, 1.82) is 0 Å². The van der Waals surface area contributed by atoms with Crippen molar-refractivity contribution >= 4 is 34.2 Å². The van der Waals surface area contributed by atoms with E-state index in [1.807, 2.05) is 67.6 Å². The average molecular weight is 455 g/mol. The van der Waals surface area contributed by atoms with Gasteiger partial charge in [0.2, 0.25) is 0 Å². The van der Waals surface area contributed by atoms with E-state index >= 15 is 0 Å². The first kappa shape index (κ1) is 21.5. The molecule has 4 aromatic rings. The lowest BCUT2D eigenvalue weighted by Crippen LogP contribution is -2.09. The molecule has 0 amide bonds. The van der Waals surface area contributed by atoms with Gasteiger partial charge in [-0.3, -0.25) is 0 Å². The Bertz CT molecular complexity index is 1160. The molecule has 0 aliphatic rings. The van der Waals surface area contributed by atoms with Crippen LogP contribution in [0.1, 0.15) is 24.2 Å². The first-order valence-corrected chi connectivity index (χ1v) is 11.1. The smallest absolute Gasteiger partial charge is 0.147 e. The molecule has 4 nitrogen and oxygen atoms in total. The summed E-state index contributed by atoms with van der Waals surface area (Å²) in [6, 6.07) is 21.3. The predicted octanol–water partition coefficient (Wildman–Crippen LogP) is 7.09. The van der Waals surface area contributed by atoms with E-state index in [1.54, 1.807) is 0 Å². The fourth-order valence-electron chi connectivity index (χ4n) is 3.43. The van der Waals surface area contributed by atoms with Crippen LogP contribution in [-0.2, 0) is 13.2 Å². The van der Waals surface area contributed by atoms with E-state index in [1.165, 1.54) is 0 Å². The highest BCUT2D eigenvalue weighted by Crippen LogP contribution is 2.22. The zero-order valence-electron chi connectivity index (χ0n) is 17.4. The number of aryl methyl sites for hydroxylation is 2. The van der Waals surface area contributed by atoms with Gasteiger partial charge in [-0.2, -0.15) is 0 Å². The van der Waals surface area contributed by atoms with Gasteiger partial charge in [0.15, 0.2) is 0 Å². The van der Waals surface area contributed by atoms with Crippen LogP contribution in [0.15, 0.2) is 66.7 Å². The van der Waals surface area contributed by atoms with Gasteiger partial charge in [-0.15, -0.1) is 0 Å². The molecular formula is C25H24Cl2N2O2. The summed E-state index contributed by atoms with van der Waals surface area (Å²) in [5, 5.41) is 1.45. The van der Waals surface area contributed by atoms with Gasteiger partial charge in [0.25, 0.3) is 0 Å². The molecule has 0 spiro atoms. The van der Waals surface area contributed by atoms with Crippen LogP contribution in [0.25, 0.3) is 11.0 Å². The molecule has 0 saturated carbocycles. The van der Waals surface area contributed by atoms with Crippen LogP contribution >= 0.6 is 23.2 Å². The Hall–Kier alpha value is -2.69. The first-order chi connectivity index (χ1) is 15.1. The summed E-state index contributed by atoms with van der Waals surface area (Å²) in [7, 11) is 0. The van der Waals surface area contributed by atoms with E-state index in [2.05, 4.69) is 10.6 Å². The van der Waals surface area contributed by atoms with Gasteiger partial charge in [0, 0.05) is 16.6 Å². The van der Waals surface area contributed by atoms with Crippen molar-refractivity contribution in [3.8, 4) is 11.5 Å². The molecule has 6 heteroatoms. The Balaban J connectivity index is 1.37. The van der Waals surface area contributed by atoms with E-state index in [4.69, 9.17) is 37.7 Å². The molecular weight excluding hydrogens is 431 g/mol. The summed E-state index contributed by atoms with van der Waals surface area (Å²) in [6.45, 7) is 3.89. The SMILES string of the molecule is Cc1cc(OCCCCn2c(COc3ccc(Cl)cc3)nc3ccccc32)ccc1Cl. The van der Waals surface area contributed by atoms with Gasteiger partial charge in [-0.05, 0) is 79.9 Å². The lowest BCUT2D eigenvalue weighted by atomic mass is 10.2. The van der Waals surface area contributed by atoms with Crippen LogP contribution in [0.3, 0.4) is 0 Å². The summed E-state index contributed by atoms with van der Waals surface area (Å²) in [4.78, 5) is 4.78. The maximum atomic E-state index is 6.08. The van der Waals surface area contributed by atoms with E-state index < -0.39 is 0 Å². The van der Waals surface area contributed by atoms with Crippen molar-refractivity contribution in [3.63, 3.8) is 0 Å². The molecule has 0 atom stereocenters. The Morgan fingerprint density at radius 3 is 2.45 bits per heavy atom. The van der Waals surface area contributed by atoms with Crippen molar-refractivity contribution in [1.82, 2.24) is 9.55 Å². The fourth-order valence-corrected chi connectivity index (χ4v) is 3.68. The number of imidazole rings is 1. The number of rotatable bonds is 9. The van der Waals surface area contributed by atoms with Gasteiger partial charge in [-0.25, -0.2) is 4.98 Å². The standard InChI is InChI=1S/C25H24Cl2N2O2/c1-18-16-21(12-13-22(18)27)30-15-5-4-14-29-24-7-3-2-6-23(24)28-25(29)17-31-20-10-8-19(26)9-11-20/h2-3,6-13,16H,4-5,14-15,17H2,1H3. The molecule has 31 heavy (non-hydrogen) atoms. The monoisotopic (exact) mass is 454 g/mol. The maximum Gasteiger partial charge on any atom is 0.147 e. The van der Waals surface area contributed by atoms with Crippen LogP contribution < -0.4 is 9.47 Å². The average Bonchev–Trinajstić information content (AvgIpc) is 3.13. The van der Waals surface area contributed by atoms with Gasteiger partial charge in [0.1, 0.15) is 23.9 Å². The predicted molar refractivity (Wildman–Crippen MR) is 126 cm³/mol. The summed E-state index contributed by atoms with van der Waals surface area (Å²) < 4.78 is 14.1. The van der Waals surface area contributed by atoms with Crippen LogP contribution in [0.4, 0.5) is 0 Å². The third-order valence-electron chi connectivity index (χ3n) is 5.09. The highest BCUT2D eigenvalue weighted by atomic mass is 35.5. The molecule has 3 aromatic carbocycles. The molecule has 0 bridgehead atoms. The third kappa shape index (κ3) is 5.52. The summed E-state index contributed by atoms with van der Waals surface area (Å²) in [5.41, 5.74) is 3.12. The molecule has 4 rings (SSSR count).